The molecule has 1 heterocycles. The Hall–Kier alpha value is -0.940. The Labute approximate surface area is 115 Å². The molecule has 5 heteroatoms. The number of hydrogen-bond acceptors (Lipinski definition) is 5. The Morgan fingerprint density at radius 3 is 2.68 bits per heavy atom. The zero-order chi connectivity index (χ0) is 13.8. The lowest BCUT2D eigenvalue weighted by Crippen LogP contribution is -2.32. The van der Waals surface area contributed by atoms with Crippen molar-refractivity contribution >= 4 is 0 Å². The predicted octanol–water partition coefficient (Wildman–Crippen LogP) is 2.31. The molecule has 1 aromatic heterocycles. The third kappa shape index (κ3) is 3.34. The highest BCUT2D eigenvalue weighted by Gasteiger charge is 2.30. The van der Waals surface area contributed by atoms with E-state index in [0.717, 1.165) is 31.9 Å². The summed E-state index contributed by atoms with van der Waals surface area (Å²) in [4.78, 5) is 6.81. The summed E-state index contributed by atoms with van der Waals surface area (Å²) in [5.41, 5.74) is 6.17. The first-order valence-corrected chi connectivity index (χ1v) is 7.47. The second kappa shape index (κ2) is 6.48. The number of nitrogens with zero attached hydrogens (tertiary/aromatic N) is 3. The van der Waals surface area contributed by atoms with Gasteiger partial charge in [0.25, 0.3) is 0 Å². The van der Waals surface area contributed by atoms with Crippen LogP contribution in [0, 0.1) is 5.92 Å². The highest BCUT2D eigenvalue weighted by atomic mass is 16.5. The fourth-order valence-electron chi connectivity index (χ4n) is 2.90. The maximum atomic E-state index is 6.17. The van der Waals surface area contributed by atoms with E-state index in [2.05, 4.69) is 35.8 Å². The maximum Gasteiger partial charge on any atom is 0.230 e. The Kier molecular flexibility index (Phi) is 4.93. The van der Waals surface area contributed by atoms with Gasteiger partial charge in [-0.2, -0.15) is 4.98 Å². The molecule has 0 saturated heterocycles. The lowest BCUT2D eigenvalue weighted by molar-refractivity contribution is 0.276. The van der Waals surface area contributed by atoms with Crippen LogP contribution in [-0.4, -0.2) is 34.7 Å². The molecule has 0 radical (unpaired) electrons. The monoisotopic (exact) mass is 266 g/mol. The average Bonchev–Trinajstić information content (AvgIpc) is 3.03. The topological polar surface area (TPSA) is 68.2 Å². The van der Waals surface area contributed by atoms with Crippen LogP contribution in [0.4, 0.5) is 0 Å². The molecule has 0 aromatic carbocycles. The summed E-state index contributed by atoms with van der Waals surface area (Å²) in [6, 6.07) is -0.158. The zero-order valence-electron chi connectivity index (χ0n) is 12.3. The van der Waals surface area contributed by atoms with Crippen molar-refractivity contribution in [3.05, 3.63) is 11.7 Å². The van der Waals surface area contributed by atoms with Gasteiger partial charge in [0.1, 0.15) is 0 Å². The van der Waals surface area contributed by atoms with E-state index in [4.69, 9.17) is 10.3 Å². The van der Waals surface area contributed by atoms with E-state index in [1.54, 1.807) is 0 Å². The van der Waals surface area contributed by atoms with E-state index >= 15 is 0 Å². The Morgan fingerprint density at radius 1 is 1.37 bits per heavy atom. The van der Waals surface area contributed by atoms with Gasteiger partial charge in [-0.05, 0) is 31.8 Å². The van der Waals surface area contributed by atoms with Crippen molar-refractivity contribution in [2.75, 3.05) is 19.6 Å². The van der Waals surface area contributed by atoms with Crippen LogP contribution in [0.1, 0.15) is 63.7 Å². The summed E-state index contributed by atoms with van der Waals surface area (Å²) in [6.45, 7) is 9.31. The van der Waals surface area contributed by atoms with Crippen LogP contribution in [0.25, 0.3) is 0 Å². The SMILES string of the molecule is CCN(CC)CC(N)c1noc(C2CCCC2C)n1. The second-order valence-corrected chi connectivity index (χ2v) is 5.60. The molecule has 0 amide bonds. The Morgan fingerprint density at radius 2 is 2.11 bits per heavy atom. The van der Waals surface area contributed by atoms with Gasteiger partial charge in [0.15, 0.2) is 5.82 Å². The number of aromatic nitrogens is 2. The first-order valence-electron chi connectivity index (χ1n) is 7.47. The summed E-state index contributed by atoms with van der Waals surface area (Å²) in [5.74, 6) is 2.52. The van der Waals surface area contributed by atoms with Crippen molar-refractivity contribution in [3.63, 3.8) is 0 Å². The lowest BCUT2D eigenvalue weighted by atomic mass is 9.98. The van der Waals surface area contributed by atoms with Crippen LogP contribution in [0.15, 0.2) is 4.52 Å². The highest BCUT2D eigenvalue weighted by Crippen LogP contribution is 2.38. The number of nitrogens with two attached hydrogens (primary N) is 1. The molecule has 1 aliphatic carbocycles. The first kappa shape index (κ1) is 14.5. The van der Waals surface area contributed by atoms with Crippen LogP contribution in [0.5, 0.6) is 0 Å². The predicted molar refractivity (Wildman–Crippen MR) is 74.8 cm³/mol. The third-order valence-corrected chi connectivity index (χ3v) is 4.32. The van der Waals surface area contributed by atoms with Gasteiger partial charge in [0.2, 0.25) is 5.89 Å². The molecule has 3 atom stereocenters. The minimum Gasteiger partial charge on any atom is -0.339 e. The summed E-state index contributed by atoms with van der Waals surface area (Å²) >= 11 is 0. The summed E-state index contributed by atoms with van der Waals surface area (Å²) < 4.78 is 5.43. The number of rotatable bonds is 6. The van der Waals surface area contributed by atoms with Gasteiger partial charge in [0.05, 0.1) is 6.04 Å². The number of likely N-dealkylation sites (N-methyl/N-ethyl adjacent to an activating group) is 1. The summed E-state index contributed by atoms with van der Waals surface area (Å²) in [7, 11) is 0. The first-order chi connectivity index (χ1) is 9.15. The fourth-order valence-corrected chi connectivity index (χ4v) is 2.90. The third-order valence-electron chi connectivity index (χ3n) is 4.32. The zero-order valence-corrected chi connectivity index (χ0v) is 12.3. The molecule has 0 aliphatic heterocycles. The van der Waals surface area contributed by atoms with E-state index in [1.807, 2.05) is 0 Å². The summed E-state index contributed by atoms with van der Waals surface area (Å²) in [6.07, 6.45) is 3.68. The molecule has 2 N–H and O–H groups in total. The minimum atomic E-state index is -0.158. The van der Waals surface area contributed by atoms with Crippen LogP contribution in [0.3, 0.4) is 0 Å². The van der Waals surface area contributed by atoms with E-state index in [9.17, 15) is 0 Å². The van der Waals surface area contributed by atoms with E-state index in [1.165, 1.54) is 12.8 Å². The quantitative estimate of drug-likeness (QED) is 0.855. The van der Waals surface area contributed by atoms with E-state index < -0.39 is 0 Å². The van der Waals surface area contributed by atoms with Crippen LogP contribution in [-0.2, 0) is 0 Å². The molecular weight excluding hydrogens is 240 g/mol. The van der Waals surface area contributed by atoms with Gasteiger partial charge in [0, 0.05) is 12.5 Å². The molecule has 1 aliphatic rings. The maximum absolute atomic E-state index is 6.17. The molecule has 1 saturated carbocycles. The van der Waals surface area contributed by atoms with Crippen LogP contribution >= 0.6 is 0 Å². The van der Waals surface area contributed by atoms with E-state index in [0.29, 0.717) is 17.7 Å². The van der Waals surface area contributed by atoms with Crippen molar-refractivity contribution in [1.29, 1.82) is 0 Å². The molecule has 3 unspecified atom stereocenters. The standard InChI is InChI=1S/C14H26N4O/c1-4-18(5-2)9-12(15)13-16-14(19-17-13)11-8-6-7-10(11)3/h10-12H,4-9,15H2,1-3H3. The molecule has 1 aromatic rings. The molecule has 2 rings (SSSR count). The van der Waals surface area contributed by atoms with Crippen molar-refractivity contribution in [2.45, 2.75) is 52.0 Å². The van der Waals surface area contributed by atoms with Crippen LogP contribution < -0.4 is 5.73 Å². The van der Waals surface area contributed by atoms with Crippen molar-refractivity contribution in [2.24, 2.45) is 11.7 Å². The Bertz CT molecular complexity index is 389. The number of hydrogen-bond donors (Lipinski definition) is 1. The normalized spacial score (nSPS) is 25.1. The summed E-state index contributed by atoms with van der Waals surface area (Å²) in [5, 5.41) is 4.08. The van der Waals surface area contributed by atoms with Crippen molar-refractivity contribution in [3.8, 4) is 0 Å². The molecule has 0 spiro atoms. The molecule has 108 valence electrons. The fraction of sp³-hybridized carbons (Fsp3) is 0.857. The van der Waals surface area contributed by atoms with E-state index in [-0.39, 0.29) is 6.04 Å². The van der Waals surface area contributed by atoms with Gasteiger partial charge < -0.3 is 15.2 Å². The van der Waals surface area contributed by atoms with Crippen molar-refractivity contribution < 1.29 is 4.52 Å². The second-order valence-electron chi connectivity index (χ2n) is 5.60. The molecule has 19 heavy (non-hydrogen) atoms. The van der Waals surface area contributed by atoms with Crippen LogP contribution in [0.2, 0.25) is 0 Å². The average molecular weight is 266 g/mol. The van der Waals surface area contributed by atoms with Gasteiger partial charge in [-0.1, -0.05) is 32.3 Å². The molecule has 0 bridgehead atoms. The molecular formula is C14H26N4O. The largest absolute Gasteiger partial charge is 0.339 e. The molecule has 5 nitrogen and oxygen atoms in total. The van der Waals surface area contributed by atoms with Crippen molar-refractivity contribution in [1.82, 2.24) is 15.0 Å². The van der Waals surface area contributed by atoms with Gasteiger partial charge in [-0.3, -0.25) is 0 Å². The lowest BCUT2D eigenvalue weighted by Gasteiger charge is -2.20. The smallest absolute Gasteiger partial charge is 0.230 e. The molecule has 1 fully saturated rings. The van der Waals surface area contributed by atoms with Gasteiger partial charge in [-0.15, -0.1) is 0 Å². The Balaban J connectivity index is 2.00. The van der Waals surface area contributed by atoms with Gasteiger partial charge >= 0.3 is 0 Å². The highest BCUT2D eigenvalue weighted by molar-refractivity contribution is 5.01. The minimum absolute atomic E-state index is 0.158. The van der Waals surface area contributed by atoms with Gasteiger partial charge in [-0.25, -0.2) is 0 Å².